The maximum absolute atomic E-state index is 13.2. The molecule has 4 aromatic rings. The Hall–Kier alpha value is -3.93. The van der Waals surface area contributed by atoms with Gasteiger partial charge >= 0.3 is 0 Å². The minimum Gasteiger partial charge on any atom is -0.467 e. The molecule has 0 aliphatic heterocycles. The molecule has 3 aromatic heterocycles. The second-order valence-electron chi connectivity index (χ2n) is 7.96. The van der Waals surface area contributed by atoms with Crippen molar-refractivity contribution in [3.63, 3.8) is 0 Å². The summed E-state index contributed by atoms with van der Waals surface area (Å²) in [5, 5.41) is 4.78. The van der Waals surface area contributed by atoms with Crippen molar-refractivity contribution in [2.24, 2.45) is 0 Å². The lowest BCUT2D eigenvalue weighted by Gasteiger charge is -2.26. The molecule has 3 heterocycles. The number of rotatable bonds is 7. The maximum Gasteiger partial charge on any atom is 0.247 e. The van der Waals surface area contributed by atoms with Gasteiger partial charge in [-0.2, -0.15) is 5.10 Å². The van der Waals surface area contributed by atoms with E-state index >= 15 is 0 Å². The maximum atomic E-state index is 13.2. The number of para-hydroxylation sites is 1. The number of pyridine rings is 1. The van der Waals surface area contributed by atoms with Crippen LogP contribution in [0.5, 0.6) is 0 Å². The first-order valence-electron chi connectivity index (χ1n) is 10.8. The Morgan fingerprint density at radius 1 is 1.16 bits per heavy atom. The van der Waals surface area contributed by atoms with E-state index in [4.69, 9.17) is 9.52 Å². The lowest BCUT2D eigenvalue weighted by Crippen LogP contribution is -2.34. The fourth-order valence-corrected chi connectivity index (χ4v) is 3.90. The van der Waals surface area contributed by atoms with E-state index in [0.29, 0.717) is 0 Å². The molecule has 0 saturated heterocycles. The van der Waals surface area contributed by atoms with E-state index in [1.807, 2.05) is 83.4 Å². The smallest absolute Gasteiger partial charge is 0.247 e. The van der Waals surface area contributed by atoms with Gasteiger partial charge in [-0.15, -0.1) is 0 Å². The van der Waals surface area contributed by atoms with Gasteiger partial charge in [0, 0.05) is 41.8 Å². The summed E-state index contributed by atoms with van der Waals surface area (Å²) in [7, 11) is 0. The third-order valence-corrected chi connectivity index (χ3v) is 5.67. The van der Waals surface area contributed by atoms with Crippen LogP contribution in [-0.2, 0) is 4.79 Å². The molecule has 1 amide bonds. The zero-order chi connectivity index (χ0) is 21.9. The highest BCUT2D eigenvalue weighted by Gasteiger charge is 2.36. The predicted molar refractivity (Wildman–Crippen MR) is 123 cm³/mol. The minimum absolute atomic E-state index is 0.0269. The summed E-state index contributed by atoms with van der Waals surface area (Å²) in [5.74, 6) is 0.771. The summed E-state index contributed by atoms with van der Waals surface area (Å²) in [4.78, 5) is 19.4. The normalized spacial score (nSPS) is 14.5. The molecule has 32 heavy (non-hydrogen) atoms. The first-order valence-corrected chi connectivity index (χ1v) is 10.8. The van der Waals surface area contributed by atoms with Crippen LogP contribution >= 0.6 is 0 Å². The number of carbonyl (C=O) groups excluding carboxylic acids is 1. The van der Waals surface area contributed by atoms with Crippen molar-refractivity contribution in [3.8, 4) is 16.9 Å². The van der Waals surface area contributed by atoms with Gasteiger partial charge in [0.1, 0.15) is 11.5 Å². The monoisotopic (exact) mass is 424 g/mol. The van der Waals surface area contributed by atoms with Gasteiger partial charge < -0.3 is 9.32 Å². The van der Waals surface area contributed by atoms with Crippen LogP contribution in [0.15, 0.2) is 89.9 Å². The molecule has 1 aliphatic rings. The quantitative estimate of drug-likeness (QED) is 0.378. The Morgan fingerprint density at radius 3 is 2.69 bits per heavy atom. The highest BCUT2D eigenvalue weighted by atomic mass is 16.3. The van der Waals surface area contributed by atoms with Crippen LogP contribution in [0.25, 0.3) is 23.0 Å². The van der Waals surface area contributed by atoms with Crippen molar-refractivity contribution in [2.45, 2.75) is 31.8 Å². The molecule has 1 aliphatic carbocycles. The molecule has 0 N–H and O–H groups in total. The van der Waals surface area contributed by atoms with Gasteiger partial charge in [0.25, 0.3) is 0 Å². The van der Waals surface area contributed by atoms with Crippen LogP contribution < -0.4 is 0 Å². The van der Waals surface area contributed by atoms with Crippen LogP contribution in [-0.4, -0.2) is 31.6 Å². The van der Waals surface area contributed by atoms with E-state index in [-0.39, 0.29) is 18.0 Å². The van der Waals surface area contributed by atoms with Crippen LogP contribution in [0.3, 0.4) is 0 Å². The summed E-state index contributed by atoms with van der Waals surface area (Å²) in [6.07, 6.45) is 12.7. The molecule has 160 valence electrons. The third-order valence-electron chi connectivity index (χ3n) is 5.67. The lowest BCUT2D eigenvalue weighted by molar-refractivity contribution is -0.129. The first kappa shape index (κ1) is 20.0. The van der Waals surface area contributed by atoms with Gasteiger partial charge in [0.15, 0.2) is 0 Å². The zero-order valence-corrected chi connectivity index (χ0v) is 17.8. The highest BCUT2D eigenvalue weighted by Crippen LogP contribution is 2.35. The molecule has 1 saturated carbocycles. The van der Waals surface area contributed by atoms with Crippen LogP contribution in [0.4, 0.5) is 0 Å². The molecule has 6 heteroatoms. The molecular formula is C26H24N4O2. The molecule has 1 aromatic carbocycles. The summed E-state index contributed by atoms with van der Waals surface area (Å²) < 4.78 is 7.39. The van der Waals surface area contributed by atoms with E-state index in [2.05, 4.69) is 4.98 Å². The standard InChI is InChI=1S/C26H24N4O2/c1-19(24-10-6-16-32-24)30(23-12-13-23)25(31)14-11-21-18-29(22-8-3-2-4-9-22)28-26(21)20-7-5-15-27-17-20/h2-11,14-19,23H,12-13H2,1H3/b14-11+. The van der Waals surface area contributed by atoms with Gasteiger partial charge in [0.2, 0.25) is 5.91 Å². The van der Waals surface area contributed by atoms with Crippen molar-refractivity contribution in [1.82, 2.24) is 19.7 Å². The van der Waals surface area contributed by atoms with Gasteiger partial charge in [0.05, 0.1) is 18.0 Å². The number of hydrogen-bond donors (Lipinski definition) is 0. The van der Waals surface area contributed by atoms with E-state index in [1.54, 1.807) is 24.7 Å². The fourth-order valence-electron chi connectivity index (χ4n) is 3.90. The molecule has 0 bridgehead atoms. The summed E-state index contributed by atoms with van der Waals surface area (Å²) >= 11 is 0. The average molecular weight is 425 g/mol. The van der Waals surface area contributed by atoms with Gasteiger partial charge in [-0.25, -0.2) is 4.68 Å². The fraction of sp³-hybridized carbons (Fsp3) is 0.192. The van der Waals surface area contributed by atoms with Crippen LogP contribution in [0.1, 0.15) is 37.1 Å². The summed E-state index contributed by atoms with van der Waals surface area (Å²) in [6, 6.07) is 17.7. The molecule has 1 fully saturated rings. The van der Waals surface area contributed by atoms with Crippen molar-refractivity contribution in [3.05, 3.63) is 96.9 Å². The Labute approximate surface area is 186 Å². The number of aromatic nitrogens is 3. The molecule has 5 rings (SSSR count). The van der Waals surface area contributed by atoms with Crippen molar-refractivity contribution >= 4 is 12.0 Å². The molecule has 0 spiro atoms. The van der Waals surface area contributed by atoms with Gasteiger partial charge in [-0.1, -0.05) is 18.2 Å². The van der Waals surface area contributed by atoms with Gasteiger partial charge in [-0.3, -0.25) is 9.78 Å². The third kappa shape index (κ3) is 4.12. The summed E-state index contributed by atoms with van der Waals surface area (Å²) in [6.45, 7) is 2.01. The number of amides is 1. The number of furan rings is 1. The Bertz CT molecular complexity index is 1210. The molecule has 0 radical (unpaired) electrons. The van der Waals surface area contributed by atoms with Crippen LogP contribution in [0, 0.1) is 0 Å². The molecular weight excluding hydrogens is 400 g/mol. The Morgan fingerprint density at radius 2 is 2.00 bits per heavy atom. The predicted octanol–water partition coefficient (Wildman–Crippen LogP) is 5.29. The van der Waals surface area contributed by atoms with E-state index < -0.39 is 0 Å². The average Bonchev–Trinajstić information content (AvgIpc) is 3.34. The van der Waals surface area contributed by atoms with Gasteiger partial charge in [-0.05, 0) is 62.2 Å². The largest absolute Gasteiger partial charge is 0.467 e. The number of hydrogen-bond acceptors (Lipinski definition) is 4. The SMILES string of the molecule is CC(c1ccco1)N(C(=O)/C=C/c1cn(-c2ccccc2)nc1-c1cccnc1)C1CC1. The van der Waals surface area contributed by atoms with Crippen molar-refractivity contribution < 1.29 is 9.21 Å². The minimum atomic E-state index is -0.112. The second-order valence-corrected chi connectivity index (χ2v) is 7.96. The first-order chi connectivity index (χ1) is 15.7. The number of nitrogens with zero attached hydrogens (tertiary/aromatic N) is 4. The zero-order valence-electron chi connectivity index (χ0n) is 17.8. The van der Waals surface area contributed by atoms with E-state index in [1.165, 1.54) is 0 Å². The molecule has 1 atom stereocenters. The number of benzene rings is 1. The topological polar surface area (TPSA) is 64.2 Å². The van der Waals surface area contributed by atoms with E-state index in [0.717, 1.165) is 41.1 Å². The Kier molecular flexibility index (Phi) is 5.42. The second kappa shape index (κ2) is 8.67. The van der Waals surface area contributed by atoms with E-state index in [9.17, 15) is 4.79 Å². The van der Waals surface area contributed by atoms with Crippen LogP contribution in [0.2, 0.25) is 0 Å². The number of carbonyl (C=O) groups is 1. The lowest BCUT2D eigenvalue weighted by atomic mass is 10.1. The van der Waals surface area contributed by atoms with Crippen molar-refractivity contribution in [1.29, 1.82) is 0 Å². The summed E-state index contributed by atoms with van der Waals surface area (Å²) in [5.41, 5.74) is 3.49. The highest BCUT2D eigenvalue weighted by molar-refractivity contribution is 5.93. The molecule has 6 nitrogen and oxygen atoms in total. The van der Waals surface area contributed by atoms with Crippen molar-refractivity contribution in [2.75, 3.05) is 0 Å². The Balaban J connectivity index is 1.47. The molecule has 1 unspecified atom stereocenters.